The lowest BCUT2D eigenvalue weighted by atomic mass is 9.95. The topological polar surface area (TPSA) is 99.0 Å². The zero-order valence-electron chi connectivity index (χ0n) is 13.0. The normalized spacial score (nSPS) is 15.5. The third-order valence-corrected chi connectivity index (χ3v) is 3.79. The van der Waals surface area contributed by atoms with Gasteiger partial charge < -0.3 is 10.1 Å². The standard InChI is InChI=1S/C14H23N5O3/c1-2-22-14(21)9-8-13(20)15-10-12-16-17-18-19(12)11-6-4-3-5-7-11/h11H,2-10H2,1H3,(H,15,20). The lowest BCUT2D eigenvalue weighted by Crippen LogP contribution is -2.27. The second-order valence-electron chi connectivity index (χ2n) is 5.41. The van der Waals surface area contributed by atoms with Gasteiger partial charge in [0.1, 0.15) is 0 Å². The van der Waals surface area contributed by atoms with Crippen LogP contribution in [0.5, 0.6) is 0 Å². The number of carbonyl (C=O) groups excluding carboxylic acids is 2. The fourth-order valence-electron chi connectivity index (χ4n) is 2.65. The molecule has 8 nitrogen and oxygen atoms in total. The van der Waals surface area contributed by atoms with E-state index < -0.39 is 0 Å². The predicted molar refractivity (Wildman–Crippen MR) is 77.7 cm³/mol. The van der Waals surface area contributed by atoms with Gasteiger partial charge in [0.2, 0.25) is 5.91 Å². The van der Waals surface area contributed by atoms with Crippen molar-refractivity contribution in [2.24, 2.45) is 0 Å². The van der Waals surface area contributed by atoms with Crippen LogP contribution in [-0.2, 0) is 20.9 Å². The predicted octanol–water partition coefficient (Wildman–Crippen LogP) is 1.14. The molecule has 1 heterocycles. The molecule has 1 amide bonds. The largest absolute Gasteiger partial charge is 0.466 e. The van der Waals surface area contributed by atoms with E-state index in [0.717, 1.165) is 12.8 Å². The molecule has 1 aliphatic carbocycles. The molecule has 8 heteroatoms. The number of amides is 1. The summed E-state index contributed by atoms with van der Waals surface area (Å²) in [6.45, 7) is 2.35. The quantitative estimate of drug-likeness (QED) is 0.758. The van der Waals surface area contributed by atoms with Gasteiger partial charge in [-0.05, 0) is 30.2 Å². The average Bonchev–Trinajstić information content (AvgIpc) is 3.00. The van der Waals surface area contributed by atoms with Gasteiger partial charge in [0, 0.05) is 6.42 Å². The van der Waals surface area contributed by atoms with E-state index in [9.17, 15) is 9.59 Å². The summed E-state index contributed by atoms with van der Waals surface area (Å²) in [6.07, 6.45) is 6.01. The van der Waals surface area contributed by atoms with Crippen molar-refractivity contribution in [3.8, 4) is 0 Å². The smallest absolute Gasteiger partial charge is 0.306 e. The van der Waals surface area contributed by atoms with Gasteiger partial charge >= 0.3 is 5.97 Å². The molecular formula is C14H23N5O3. The molecule has 1 N–H and O–H groups in total. The fraction of sp³-hybridized carbons (Fsp3) is 0.786. The fourth-order valence-corrected chi connectivity index (χ4v) is 2.65. The molecule has 0 unspecified atom stereocenters. The summed E-state index contributed by atoms with van der Waals surface area (Å²) in [5.74, 6) is 0.104. The van der Waals surface area contributed by atoms with Crippen LogP contribution in [0.1, 0.15) is 63.7 Å². The highest BCUT2D eigenvalue weighted by Gasteiger charge is 2.20. The SMILES string of the molecule is CCOC(=O)CCC(=O)NCc1nnnn1C1CCCCC1. The Balaban J connectivity index is 1.78. The average molecular weight is 309 g/mol. The molecular weight excluding hydrogens is 286 g/mol. The number of hydrogen-bond donors (Lipinski definition) is 1. The van der Waals surface area contributed by atoms with Crippen LogP contribution in [0.3, 0.4) is 0 Å². The molecule has 1 aliphatic rings. The summed E-state index contributed by atoms with van der Waals surface area (Å²) in [5.41, 5.74) is 0. The summed E-state index contributed by atoms with van der Waals surface area (Å²) in [6, 6.07) is 0.329. The highest BCUT2D eigenvalue weighted by Crippen LogP contribution is 2.27. The van der Waals surface area contributed by atoms with Crippen LogP contribution >= 0.6 is 0 Å². The molecule has 0 spiro atoms. The first-order valence-corrected chi connectivity index (χ1v) is 7.89. The third-order valence-electron chi connectivity index (χ3n) is 3.79. The second kappa shape index (κ2) is 8.45. The Bertz CT molecular complexity index is 496. The Morgan fingerprint density at radius 3 is 2.77 bits per heavy atom. The monoisotopic (exact) mass is 309 g/mol. The lowest BCUT2D eigenvalue weighted by Gasteiger charge is -2.22. The van der Waals surface area contributed by atoms with Gasteiger partial charge in [-0.15, -0.1) is 5.10 Å². The molecule has 0 atom stereocenters. The van der Waals surface area contributed by atoms with Gasteiger partial charge in [0.05, 0.1) is 25.6 Å². The van der Waals surface area contributed by atoms with Crippen LogP contribution in [0, 0.1) is 0 Å². The van der Waals surface area contributed by atoms with Gasteiger partial charge in [-0.1, -0.05) is 19.3 Å². The zero-order chi connectivity index (χ0) is 15.8. The van der Waals surface area contributed by atoms with Crippen LogP contribution in [-0.4, -0.2) is 38.7 Å². The van der Waals surface area contributed by atoms with Gasteiger partial charge in [0.15, 0.2) is 5.82 Å². The van der Waals surface area contributed by atoms with E-state index in [2.05, 4.69) is 20.8 Å². The van der Waals surface area contributed by atoms with Crippen LogP contribution in [0.2, 0.25) is 0 Å². The number of nitrogens with zero attached hydrogens (tertiary/aromatic N) is 4. The number of esters is 1. The maximum Gasteiger partial charge on any atom is 0.306 e. The van der Waals surface area contributed by atoms with Crippen molar-refractivity contribution in [2.45, 2.75) is 64.5 Å². The van der Waals surface area contributed by atoms with E-state index in [1.807, 2.05) is 4.68 Å². The van der Waals surface area contributed by atoms with Gasteiger partial charge in [-0.2, -0.15) is 0 Å². The molecule has 0 saturated heterocycles. The number of nitrogens with one attached hydrogen (secondary N) is 1. The molecule has 0 bridgehead atoms. The first-order chi connectivity index (χ1) is 10.7. The molecule has 1 saturated carbocycles. The number of carbonyl (C=O) groups is 2. The van der Waals surface area contributed by atoms with E-state index in [-0.39, 0.29) is 31.3 Å². The third kappa shape index (κ3) is 4.78. The van der Waals surface area contributed by atoms with E-state index in [0.29, 0.717) is 18.5 Å². The molecule has 1 fully saturated rings. The maximum absolute atomic E-state index is 11.7. The summed E-state index contributed by atoms with van der Waals surface area (Å²) in [5, 5.41) is 14.5. The number of ether oxygens (including phenoxy) is 1. The Morgan fingerprint density at radius 1 is 1.27 bits per heavy atom. The molecule has 22 heavy (non-hydrogen) atoms. The number of rotatable bonds is 7. The van der Waals surface area contributed by atoms with Crippen LogP contribution < -0.4 is 5.32 Å². The van der Waals surface area contributed by atoms with Crippen molar-refractivity contribution < 1.29 is 14.3 Å². The van der Waals surface area contributed by atoms with Crippen LogP contribution in [0.25, 0.3) is 0 Å². The first kappa shape index (κ1) is 16.4. The second-order valence-corrected chi connectivity index (χ2v) is 5.41. The van der Waals surface area contributed by atoms with Crippen molar-refractivity contribution >= 4 is 11.9 Å². The van der Waals surface area contributed by atoms with Crippen molar-refractivity contribution in [2.75, 3.05) is 6.61 Å². The van der Waals surface area contributed by atoms with Gasteiger partial charge in [-0.3, -0.25) is 9.59 Å². The molecule has 122 valence electrons. The molecule has 1 aromatic rings. The number of tetrazole rings is 1. The van der Waals surface area contributed by atoms with Gasteiger partial charge in [0.25, 0.3) is 0 Å². The molecule has 0 radical (unpaired) electrons. The maximum atomic E-state index is 11.7. The molecule has 2 rings (SSSR count). The van der Waals surface area contributed by atoms with E-state index in [1.165, 1.54) is 19.3 Å². The molecule has 0 aliphatic heterocycles. The minimum atomic E-state index is -0.357. The van der Waals surface area contributed by atoms with E-state index in [4.69, 9.17) is 4.74 Å². The summed E-state index contributed by atoms with van der Waals surface area (Å²) >= 11 is 0. The van der Waals surface area contributed by atoms with Crippen LogP contribution in [0.15, 0.2) is 0 Å². The van der Waals surface area contributed by atoms with Gasteiger partial charge in [-0.25, -0.2) is 4.68 Å². The van der Waals surface area contributed by atoms with Crippen molar-refractivity contribution in [3.05, 3.63) is 5.82 Å². The minimum Gasteiger partial charge on any atom is -0.466 e. The van der Waals surface area contributed by atoms with Crippen molar-refractivity contribution in [3.63, 3.8) is 0 Å². The lowest BCUT2D eigenvalue weighted by molar-refractivity contribution is -0.144. The Kier molecular flexibility index (Phi) is 6.29. The number of hydrogen-bond acceptors (Lipinski definition) is 6. The van der Waals surface area contributed by atoms with Crippen molar-refractivity contribution in [1.29, 1.82) is 0 Å². The van der Waals surface area contributed by atoms with Crippen molar-refractivity contribution in [1.82, 2.24) is 25.5 Å². The highest BCUT2D eigenvalue weighted by molar-refractivity contribution is 5.81. The summed E-state index contributed by atoms with van der Waals surface area (Å²) in [7, 11) is 0. The van der Waals surface area contributed by atoms with E-state index >= 15 is 0 Å². The Hall–Kier alpha value is -1.99. The Morgan fingerprint density at radius 2 is 2.05 bits per heavy atom. The highest BCUT2D eigenvalue weighted by atomic mass is 16.5. The molecule has 1 aromatic heterocycles. The van der Waals surface area contributed by atoms with Crippen LogP contribution in [0.4, 0.5) is 0 Å². The summed E-state index contributed by atoms with van der Waals surface area (Å²) < 4.78 is 6.61. The summed E-state index contributed by atoms with van der Waals surface area (Å²) in [4.78, 5) is 22.9. The first-order valence-electron chi connectivity index (χ1n) is 7.89. The Labute approximate surface area is 129 Å². The van der Waals surface area contributed by atoms with E-state index in [1.54, 1.807) is 6.92 Å². The zero-order valence-corrected chi connectivity index (χ0v) is 13.0. The number of aromatic nitrogens is 4. The minimum absolute atomic E-state index is 0.0905. The molecule has 0 aromatic carbocycles.